The summed E-state index contributed by atoms with van der Waals surface area (Å²) in [6.07, 6.45) is 1.58. The number of ether oxygens (including phenoxy) is 1. The second-order valence-corrected chi connectivity index (χ2v) is 5.63. The normalized spacial score (nSPS) is 14.5. The first-order chi connectivity index (χ1) is 9.49. The number of carbonyl (C=O) groups is 1. The van der Waals surface area contributed by atoms with Crippen molar-refractivity contribution in [3.05, 3.63) is 29.8 Å². The van der Waals surface area contributed by atoms with Gasteiger partial charge in [-0.25, -0.2) is 0 Å². The first-order valence-corrected chi connectivity index (χ1v) is 6.93. The highest BCUT2D eigenvalue weighted by atomic mass is 35.5. The number of rotatable bonds is 7. The maximum absolute atomic E-state index is 11.7. The molecule has 2 rings (SSSR count). The average Bonchev–Trinajstić information content (AvgIpc) is 3.16. The number of hydrogen-bond donors (Lipinski definition) is 2. The van der Waals surface area contributed by atoms with E-state index in [0.717, 1.165) is 30.7 Å². The molecule has 0 aliphatic heterocycles. The Balaban J connectivity index is 0.00000220. The first-order valence-electron chi connectivity index (χ1n) is 6.93. The number of nitrogens with two attached hydrogens (primary N) is 1. The fraction of sp³-hybridized carbons (Fsp3) is 0.533. The Bertz CT molecular complexity index is 462. The summed E-state index contributed by atoms with van der Waals surface area (Å²) in [5.41, 5.74) is 6.26. The van der Waals surface area contributed by atoms with Crippen LogP contribution in [0.1, 0.15) is 18.4 Å². The van der Waals surface area contributed by atoms with Gasteiger partial charge in [-0.3, -0.25) is 4.79 Å². The van der Waals surface area contributed by atoms with E-state index >= 15 is 0 Å². The number of nitrogens with zero attached hydrogens (tertiary/aromatic N) is 1. The van der Waals surface area contributed by atoms with Crippen molar-refractivity contribution < 1.29 is 9.53 Å². The summed E-state index contributed by atoms with van der Waals surface area (Å²) in [7, 11) is 4.03. The zero-order chi connectivity index (χ0) is 14.6. The minimum absolute atomic E-state index is 0. The van der Waals surface area contributed by atoms with Crippen LogP contribution in [0.25, 0.3) is 0 Å². The smallest absolute Gasteiger partial charge is 0.240 e. The molecule has 0 bridgehead atoms. The molecule has 0 spiro atoms. The third-order valence-corrected chi connectivity index (χ3v) is 3.42. The molecule has 1 saturated carbocycles. The fourth-order valence-electron chi connectivity index (χ4n) is 1.77. The lowest BCUT2D eigenvalue weighted by atomic mass is 10.2. The second kappa shape index (κ2) is 9.20. The number of benzene rings is 1. The Kier molecular flexibility index (Phi) is 8.78. The molecule has 0 radical (unpaired) electrons. The number of halogens is 2. The standard InChI is InChI=1S/C15H23N3O2.2ClH/c1-18(2)9-10-20-13-5-3-12(4-6-13)11-17-14(19)15(16)7-8-15;;/h3-6H,7-11,16H2,1-2H3,(H,17,19);2*1H. The number of hydrogen-bond acceptors (Lipinski definition) is 4. The van der Waals surface area contributed by atoms with E-state index in [1.54, 1.807) is 0 Å². The van der Waals surface area contributed by atoms with E-state index < -0.39 is 5.54 Å². The maximum atomic E-state index is 11.7. The quantitative estimate of drug-likeness (QED) is 0.784. The predicted molar refractivity (Wildman–Crippen MR) is 93.0 cm³/mol. The lowest BCUT2D eigenvalue weighted by Gasteiger charge is -2.12. The fourth-order valence-corrected chi connectivity index (χ4v) is 1.77. The molecule has 1 aromatic rings. The Morgan fingerprint density at radius 2 is 1.86 bits per heavy atom. The molecule has 1 fully saturated rings. The molecule has 7 heteroatoms. The summed E-state index contributed by atoms with van der Waals surface area (Å²) in [5.74, 6) is 0.795. The predicted octanol–water partition coefficient (Wildman–Crippen LogP) is 1.58. The van der Waals surface area contributed by atoms with E-state index in [1.165, 1.54) is 0 Å². The van der Waals surface area contributed by atoms with Gasteiger partial charge < -0.3 is 20.7 Å². The van der Waals surface area contributed by atoms with Gasteiger partial charge in [0.25, 0.3) is 0 Å². The SMILES string of the molecule is CN(C)CCOc1ccc(CNC(=O)C2(N)CC2)cc1.Cl.Cl. The van der Waals surface area contributed by atoms with Crippen LogP contribution in [0.2, 0.25) is 0 Å². The number of amides is 1. The van der Waals surface area contributed by atoms with Gasteiger partial charge in [0.05, 0.1) is 5.54 Å². The van der Waals surface area contributed by atoms with Crippen LogP contribution < -0.4 is 15.8 Å². The van der Waals surface area contributed by atoms with Crippen molar-refractivity contribution in [2.75, 3.05) is 27.2 Å². The summed E-state index contributed by atoms with van der Waals surface area (Å²) in [4.78, 5) is 13.8. The van der Waals surface area contributed by atoms with Gasteiger partial charge in [-0.1, -0.05) is 12.1 Å². The van der Waals surface area contributed by atoms with E-state index in [4.69, 9.17) is 10.5 Å². The molecule has 0 unspecified atom stereocenters. The van der Waals surface area contributed by atoms with Gasteiger partial charge in [-0.15, -0.1) is 24.8 Å². The molecular weight excluding hydrogens is 325 g/mol. The molecule has 1 amide bonds. The Morgan fingerprint density at radius 3 is 2.36 bits per heavy atom. The molecule has 22 heavy (non-hydrogen) atoms. The van der Waals surface area contributed by atoms with Gasteiger partial charge >= 0.3 is 0 Å². The first kappa shape index (κ1) is 21.0. The highest BCUT2D eigenvalue weighted by Crippen LogP contribution is 2.32. The molecule has 3 N–H and O–H groups in total. The Hall–Kier alpha value is -1.01. The molecule has 0 heterocycles. The van der Waals surface area contributed by atoms with Crippen molar-refractivity contribution in [2.24, 2.45) is 5.73 Å². The molecule has 0 saturated heterocycles. The molecule has 0 atom stereocenters. The van der Waals surface area contributed by atoms with Crippen molar-refractivity contribution in [3.63, 3.8) is 0 Å². The molecule has 1 aromatic carbocycles. The van der Waals surface area contributed by atoms with Crippen LogP contribution in [0.15, 0.2) is 24.3 Å². The topological polar surface area (TPSA) is 67.6 Å². The van der Waals surface area contributed by atoms with Crippen LogP contribution in [-0.2, 0) is 11.3 Å². The van der Waals surface area contributed by atoms with Gasteiger partial charge in [0, 0.05) is 13.1 Å². The molecule has 1 aliphatic rings. The van der Waals surface area contributed by atoms with Gasteiger partial charge in [0.15, 0.2) is 0 Å². The van der Waals surface area contributed by atoms with Crippen molar-refractivity contribution in [3.8, 4) is 5.75 Å². The van der Waals surface area contributed by atoms with Gasteiger partial charge in [0.1, 0.15) is 12.4 Å². The third-order valence-electron chi connectivity index (χ3n) is 3.42. The summed E-state index contributed by atoms with van der Waals surface area (Å²) in [6.45, 7) is 2.06. The maximum Gasteiger partial charge on any atom is 0.240 e. The molecule has 5 nitrogen and oxygen atoms in total. The number of nitrogens with one attached hydrogen (secondary N) is 1. The van der Waals surface area contributed by atoms with E-state index in [0.29, 0.717) is 13.2 Å². The van der Waals surface area contributed by atoms with E-state index in [2.05, 4.69) is 10.2 Å². The summed E-state index contributed by atoms with van der Waals surface area (Å²) in [5, 5.41) is 2.87. The van der Waals surface area contributed by atoms with Gasteiger partial charge in [-0.05, 0) is 44.6 Å². The lowest BCUT2D eigenvalue weighted by molar-refractivity contribution is -0.123. The summed E-state index contributed by atoms with van der Waals surface area (Å²) >= 11 is 0. The van der Waals surface area contributed by atoms with Crippen molar-refractivity contribution in [1.82, 2.24) is 10.2 Å². The van der Waals surface area contributed by atoms with Crippen LogP contribution in [0.4, 0.5) is 0 Å². The summed E-state index contributed by atoms with van der Waals surface area (Å²) < 4.78 is 5.61. The van der Waals surface area contributed by atoms with Gasteiger partial charge in [0.2, 0.25) is 5.91 Å². The van der Waals surface area contributed by atoms with Crippen LogP contribution in [0.3, 0.4) is 0 Å². The average molecular weight is 350 g/mol. The highest BCUT2D eigenvalue weighted by Gasteiger charge is 2.45. The van der Waals surface area contributed by atoms with Crippen molar-refractivity contribution >= 4 is 30.7 Å². The van der Waals surface area contributed by atoms with Crippen molar-refractivity contribution in [1.29, 1.82) is 0 Å². The molecular formula is C15H25Cl2N3O2. The van der Waals surface area contributed by atoms with E-state index in [1.807, 2.05) is 38.4 Å². The monoisotopic (exact) mass is 349 g/mol. The minimum Gasteiger partial charge on any atom is -0.492 e. The lowest BCUT2D eigenvalue weighted by Crippen LogP contribution is -2.42. The zero-order valence-electron chi connectivity index (χ0n) is 13.0. The largest absolute Gasteiger partial charge is 0.492 e. The van der Waals surface area contributed by atoms with Crippen LogP contribution >= 0.6 is 24.8 Å². The van der Waals surface area contributed by atoms with Gasteiger partial charge in [-0.2, -0.15) is 0 Å². The highest BCUT2D eigenvalue weighted by molar-refractivity contribution is 5.88. The van der Waals surface area contributed by atoms with E-state index in [9.17, 15) is 4.79 Å². The zero-order valence-corrected chi connectivity index (χ0v) is 14.6. The van der Waals surface area contributed by atoms with E-state index in [-0.39, 0.29) is 30.7 Å². The minimum atomic E-state index is -0.602. The second-order valence-electron chi connectivity index (χ2n) is 5.63. The Morgan fingerprint density at radius 1 is 1.27 bits per heavy atom. The van der Waals surface area contributed by atoms with Crippen LogP contribution in [-0.4, -0.2) is 43.6 Å². The molecule has 0 aromatic heterocycles. The summed E-state index contributed by atoms with van der Waals surface area (Å²) in [6, 6.07) is 7.77. The number of likely N-dealkylation sites (N-methyl/N-ethyl adjacent to an activating group) is 1. The third kappa shape index (κ3) is 6.40. The Labute approximate surface area is 144 Å². The molecule has 1 aliphatic carbocycles. The van der Waals surface area contributed by atoms with Crippen LogP contribution in [0, 0.1) is 0 Å². The van der Waals surface area contributed by atoms with Crippen molar-refractivity contribution in [2.45, 2.75) is 24.9 Å². The molecule has 126 valence electrons. The number of carbonyl (C=O) groups excluding carboxylic acids is 1. The van der Waals surface area contributed by atoms with Crippen LogP contribution in [0.5, 0.6) is 5.75 Å².